The molecule has 0 unspecified atom stereocenters. The zero-order valence-electron chi connectivity index (χ0n) is 16.8. The van der Waals surface area contributed by atoms with E-state index >= 15 is 0 Å². The zero-order chi connectivity index (χ0) is 20.2. The topological polar surface area (TPSA) is 54.5 Å². The van der Waals surface area contributed by atoms with Crippen molar-refractivity contribution in [3.63, 3.8) is 0 Å². The number of amides is 1. The predicted octanol–water partition coefficient (Wildman–Crippen LogP) is 4.51. The van der Waals surface area contributed by atoms with Crippen molar-refractivity contribution in [3.8, 4) is 17.0 Å². The second kappa shape index (κ2) is 8.76. The lowest BCUT2D eigenvalue weighted by Gasteiger charge is -2.28. The van der Waals surface area contributed by atoms with E-state index in [1.165, 1.54) is 11.1 Å². The molecule has 0 spiro atoms. The first-order chi connectivity index (χ1) is 14.1. The molecule has 0 saturated carbocycles. The molecule has 0 atom stereocenters. The van der Waals surface area contributed by atoms with Gasteiger partial charge in [-0.3, -0.25) is 9.69 Å². The summed E-state index contributed by atoms with van der Waals surface area (Å²) in [5.41, 5.74) is 5.35. The fraction of sp³-hybridized carbons (Fsp3) is 0.304. The number of hydrogen-bond donors (Lipinski definition) is 1. The highest BCUT2D eigenvalue weighted by atomic mass is 32.1. The Morgan fingerprint density at radius 3 is 2.93 bits per heavy atom. The van der Waals surface area contributed by atoms with E-state index in [4.69, 9.17) is 4.74 Å². The standard InChI is InChI=1S/C23H25N3O2S/c1-3-28-21-8-7-17-9-10-26(13-19(17)12-21)14-23(27)25-20-6-4-5-18(11-20)22-15-29-16(2)24-22/h4-8,11-12,15H,3,9-10,13-14H2,1-2H3,(H,25,27). The molecule has 6 heteroatoms. The van der Waals surface area contributed by atoms with E-state index in [0.717, 1.165) is 47.2 Å². The normalized spacial score (nSPS) is 13.7. The molecule has 0 bridgehead atoms. The van der Waals surface area contributed by atoms with Crippen LogP contribution in [-0.4, -0.2) is 35.5 Å². The summed E-state index contributed by atoms with van der Waals surface area (Å²) in [4.78, 5) is 19.3. The zero-order valence-corrected chi connectivity index (χ0v) is 17.6. The first kappa shape index (κ1) is 19.6. The molecule has 0 aliphatic carbocycles. The predicted molar refractivity (Wildman–Crippen MR) is 118 cm³/mol. The van der Waals surface area contributed by atoms with E-state index in [9.17, 15) is 4.79 Å². The Morgan fingerprint density at radius 1 is 1.24 bits per heavy atom. The van der Waals surface area contributed by atoms with Gasteiger partial charge in [-0.25, -0.2) is 4.98 Å². The maximum absolute atomic E-state index is 12.6. The molecule has 1 N–H and O–H groups in total. The smallest absolute Gasteiger partial charge is 0.238 e. The van der Waals surface area contributed by atoms with E-state index in [2.05, 4.69) is 27.3 Å². The van der Waals surface area contributed by atoms with Gasteiger partial charge < -0.3 is 10.1 Å². The minimum absolute atomic E-state index is 0.000946. The summed E-state index contributed by atoms with van der Waals surface area (Å²) in [5.74, 6) is 0.896. The van der Waals surface area contributed by atoms with Crippen LogP contribution in [0, 0.1) is 6.92 Å². The van der Waals surface area contributed by atoms with E-state index < -0.39 is 0 Å². The maximum Gasteiger partial charge on any atom is 0.238 e. The molecule has 1 aliphatic heterocycles. The van der Waals surface area contributed by atoms with Gasteiger partial charge in [0.2, 0.25) is 5.91 Å². The van der Waals surface area contributed by atoms with Crippen LogP contribution in [0.2, 0.25) is 0 Å². The Labute approximate surface area is 175 Å². The van der Waals surface area contributed by atoms with Crippen molar-refractivity contribution in [2.45, 2.75) is 26.8 Å². The van der Waals surface area contributed by atoms with Crippen LogP contribution in [-0.2, 0) is 17.8 Å². The number of carbonyl (C=O) groups excluding carboxylic acids is 1. The van der Waals surface area contributed by atoms with Crippen molar-refractivity contribution in [1.82, 2.24) is 9.88 Å². The van der Waals surface area contributed by atoms with E-state index in [1.54, 1.807) is 11.3 Å². The number of hydrogen-bond acceptors (Lipinski definition) is 5. The number of ether oxygens (including phenoxy) is 1. The van der Waals surface area contributed by atoms with Gasteiger partial charge in [-0.15, -0.1) is 11.3 Å². The number of anilines is 1. The van der Waals surface area contributed by atoms with Gasteiger partial charge in [-0.2, -0.15) is 0 Å². The first-order valence-electron chi connectivity index (χ1n) is 9.90. The van der Waals surface area contributed by atoms with E-state index in [-0.39, 0.29) is 5.91 Å². The van der Waals surface area contributed by atoms with Crippen molar-refractivity contribution in [1.29, 1.82) is 0 Å². The number of carbonyl (C=O) groups is 1. The molecule has 0 saturated heterocycles. The summed E-state index contributed by atoms with van der Waals surface area (Å²) in [6.45, 7) is 6.66. The molecule has 150 valence electrons. The highest BCUT2D eigenvalue weighted by Crippen LogP contribution is 2.25. The van der Waals surface area contributed by atoms with E-state index in [0.29, 0.717) is 13.2 Å². The fourth-order valence-corrected chi connectivity index (χ4v) is 4.26. The number of benzene rings is 2. The molecule has 2 heterocycles. The van der Waals surface area contributed by atoms with Crippen LogP contribution >= 0.6 is 11.3 Å². The monoisotopic (exact) mass is 407 g/mol. The van der Waals surface area contributed by atoms with Gasteiger partial charge >= 0.3 is 0 Å². The van der Waals surface area contributed by atoms with Crippen molar-refractivity contribution >= 4 is 22.9 Å². The fourth-order valence-electron chi connectivity index (χ4n) is 3.64. The SMILES string of the molecule is CCOc1ccc2c(c1)CN(CC(=O)Nc1cccc(-c3csc(C)n3)c1)CC2. The molecule has 29 heavy (non-hydrogen) atoms. The summed E-state index contributed by atoms with van der Waals surface area (Å²) in [5, 5.41) is 6.11. The minimum atomic E-state index is 0.000946. The lowest BCUT2D eigenvalue weighted by Crippen LogP contribution is -2.37. The van der Waals surface area contributed by atoms with Crippen LogP contribution in [0.15, 0.2) is 47.8 Å². The van der Waals surface area contributed by atoms with Crippen LogP contribution < -0.4 is 10.1 Å². The average Bonchev–Trinajstić information content (AvgIpc) is 3.14. The Bertz CT molecular complexity index is 1010. The number of aromatic nitrogens is 1. The van der Waals surface area contributed by atoms with Crippen LogP contribution in [0.1, 0.15) is 23.1 Å². The molecular formula is C23H25N3O2S. The van der Waals surface area contributed by atoms with Gasteiger partial charge in [0.05, 0.1) is 23.9 Å². The third kappa shape index (κ3) is 4.83. The quantitative estimate of drug-likeness (QED) is 0.653. The average molecular weight is 408 g/mol. The molecule has 2 aromatic carbocycles. The molecule has 0 radical (unpaired) electrons. The van der Waals surface area contributed by atoms with Crippen LogP contribution in [0.4, 0.5) is 5.69 Å². The van der Waals surface area contributed by atoms with Gasteiger partial charge in [-0.1, -0.05) is 18.2 Å². The van der Waals surface area contributed by atoms with Crippen molar-refractivity contribution in [2.24, 2.45) is 0 Å². The lowest BCUT2D eigenvalue weighted by atomic mass is 9.99. The van der Waals surface area contributed by atoms with Gasteiger partial charge in [0, 0.05) is 29.7 Å². The number of aryl methyl sites for hydroxylation is 1. The second-order valence-corrected chi connectivity index (χ2v) is 8.27. The number of fused-ring (bicyclic) bond motifs is 1. The molecule has 5 nitrogen and oxygen atoms in total. The third-order valence-corrected chi connectivity index (χ3v) is 5.78. The largest absolute Gasteiger partial charge is 0.494 e. The highest BCUT2D eigenvalue weighted by molar-refractivity contribution is 7.09. The maximum atomic E-state index is 12.6. The summed E-state index contributed by atoms with van der Waals surface area (Å²) in [6, 6.07) is 14.1. The number of nitrogens with one attached hydrogen (secondary N) is 1. The molecular weight excluding hydrogens is 382 g/mol. The summed E-state index contributed by atoms with van der Waals surface area (Å²) >= 11 is 1.63. The lowest BCUT2D eigenvalue weighted by molar-refractivity contribution is -0.117. The van der Waals surface area contributed by atoms with Crippen molar-refractivity contribution in [3.05, 3.63) is 64.0 Å². The van der Waals surface area contributed by atoms with Crippen molar-refractivity contribution in [2.75, 3.05) is 25.0 Å². The molecule has 1 aliphatic rings. The Kier molecular flexibility index (Phi) is 5.92. The Balaban J connectivity index is 1.38. The number of rotatable bonds is 6. The van der Waals surface area contributed by atoms with Crippen LogP contribution in [0.3, 0.4) is 0 Å². The summed E-state index contributed by atoms with van der Waals surface area (Å²) in [7, 11) is 0. The van der Waals surface area contributed by atoms with Crippen LogP contribution in [0.5, 0.6) is 5.75 Å². The van der Waals surface area contributed by atoms with Gasteiger partial charge in [-0.05, 0) is 55.7 Å². The van der Waals surface area contributed by atoms with Gasteiger partial charge in [0.15, 0.2) is 0 Å². The molecule has 3 aromatic rings. The Hall–Kier alpha value is -2.70. The van der Waals surface area contributed by atoms with Crippen molar-refractivity contribution < 1.29 is 9.53 Å². The summed E-state index contributed by atoms with van der Waals surface area (Å²) in [6.07, 6.45) is 0.952. The van der Waals surface area contributed by atoms with Gasteiger partial charge in [0.1, 0.15) is 5.75 Å². The van der Waals surface area contributed by atoms with Gasteiger partial charge in [0.25, 0.3) is 0 Å². The molecule has 1 amide bonds. The minimum Gasteiger partial charge on any atom is -0.494 e. The first-order valence-corrected chi connectivity index (χ1v) is 10.8. The van der Waals surface area contributed by atoms with Crippen LogP contribution in [0.25, 0.3) is 11.3 Å². The van der Waals surface area contributed by atoms with E-state index in [1.807, 2.05) is 49.6 Å². The summed E-state index contributed by atoms with van der Waals surface area (Å²) < 4.78 is 5.61. The molecule has 4 rings (SSSR count). The molecule has 0 fully saturated rings. The Morgan fingerprint density at radius 2 is 2.14 bits per heavy atom. The third-order valence-electron chi connectivity index (χ3n) is 5.01. The number of thiazole rings is 1. The molecule has 1 aromatic heterocycles. The second-order valence-electron chi connectivity index (χ2n) is 7.20. The highest BCUT2D eigenvalue weighted by Gasteiger charge is 2.19. The number of nitrogens with zero attached hydrogens (tertiary/aromatic N) is 2.